The number of aromatic nitrogens is 2. The predicted octanol–water partition coefficient (Wildman–Crippen LogP) is 3.23. The number of hydrogen-bond donors (Lipinski definition) is 3. The van der Waals surface area contributed by atoms with Crippen molar-refractivity contribution in [3.63, 3.8) is 0 Å². The molecule has 0 unspecified atom stereocenters. The van der Waals surface area contributed by atoms with E-state index in [4.69, 9.17) is 16.6 Å². The number of aromatic amines is 1. The van der Waals surface area contributed by atoms with E-state index in [0.717, 1.165) is 37.2 Å². The van der Waals surface area contributed by atoms with Crippen LogP contribution in [-0.2, 0) is 14.8 Å². The van der Waals surface area contributed by atoms with Crippen molar-refractivity contribution in [3.05, 3.63) is 35.2 Å². The van der Waals surface area contributed by atoms with Gasteiger partial charge < -0.3 is 15.0 Å². The zero-order valence-corrected chi connectivity index (χ0v) is 19.7. The van der Waals surface area contributed by atoms with Crippen molar-refractivity contribution < 1.29 is 17.9 Å². The Morgan fingerprint density at radius 1 is 1.22 bits per heavy atom. The summed E-state index contributed by atoms with van der Waals surface area (Å²) in [6, 6.07) is 7.31. The topological polar surface area (TPSA) is 116 Å². The molecule has 0 aliphatic carbocycles. The highest BCUT2D eigenvalue weighted by Crippen LogP contribution is 2.37. The molecule has 32 heavy (non-hydrogen) atoms. The molecule has 3 heterocycles. The molecule has 2 fully saturated rings. The van der Waals surface area contributed by atoms with Crippen molar-refractivity contribution in [2.24, 2.45) is 11.8 Å². The number of piperidine rings is 1. The Morgan fingerprint density at radius 2 is 1.91 bits per heavy atom. The van der Waals surface area contributed by atoms with Gasteiger partial charge in [0.15, 0.2) is 0 Å². The van der Waals surface area contributed by atoms with Gasteiger partial charge in [-0.05, 0) is 49.8 Å². The first kappa shape index (κ1) is 23.0. The van der Waals surface area contributed by atoms with Crippen LogP contribution in [0, 0.1) is 11.8 Å². The molecule has 0 spiro atoms. The van der Waals surface area contributed by atoms with E-state index in [1.165, 1.54) is 13.4 Å². The minimum absolute atomic E-state index is 0.0828. The highest BCUT2D eigenvalue weighted by atomic mass is 35.5. The lowest BCUT2D eigenvalue weighted by Crippen LogP contribution is -2.39. The molecule has 2 saturated heterocycles. The first-order chi connectivity index (χ1) is 15.2. The molecule has 1 aromatic carbocycles. The number of sulfonamides is 1. The fourth-order valence-electron chi connectivity index (χ4n) is 4.62. The molecule has 11 heteroatoms. The normalized spacial score (nSPS) is 22.7. The fourth-order valence-corrected chi connectivity index (χ4v) is 5.74. The quantitative estimate of drug-likeness (QED) is 0.603. The largest absolute Gasteiger partial charge is 0.453 e. The number of imidazole rings is 1. The summed E-state index contributed by atoms with van der Waals surface area (Å²) in [6.45, 7) is 2.08. The van der Waals surface area contributed by atoms with E-state index in [1.54, 1.807) is 16.4 Å². The maximum atomic E-state index is 11.7. The van der Waals surface area contributed by atoms with Gasteiger partial charge in [-0.15, -0.1) is 0 Å². The van der Waals surface area contributed by atoms with E-state index in [0.29, 0.717) is 41.5 Å². The van der Waals surface area contributed by atoms with E-state index < -0.39 is 16.1 Å². The average Bonchev–Trinajstić information content (AvgIpc) is 3.41. The summed E-state index contributed by atoms with van der Waals surface area (Å²) < 4.78 is 29.7. The number of halogens is 1. The van der Waals surface area contributed by atoms with Crippen molar-refractivity contribution in [2.75, 3.05) is 38.3 Å². The lowest BCUT2D eigenvalue weighted by atomic mass is 9.83. The zero-order chi connectivity index (χ0) is 22.9. The molecule has 2 aliphatic heterocycles. The number of anilines is 1. The van der Waals surface area contributed by atoms with Crippen LogP contribution >= 0.6 is 11.6 Å². The molecule has 3 N–H and O–H groups in total. The highest BCUT2D eigenvalue weighted by Gasteiger charge is 2.36. The second-order valence-electron chi connectivity index (χ2n) is 8.43. The number of nitrogens with one attached hydrogen (secondary N) is 3. The smallest absolute Gasteiger partial charge is 0.411 e. The number of H-pyrrole nitrogens is 1. The summed E-state index contributed by atoms with van der Waals surface area (Å²) in [7, 11) is -1.79. The van der Waals surface area contributed by atoms with Gasteiger partial charge in [0.1, 0.15) is 16.7 Å². The highest BCUT2D eigenvalue weighted by molar-refractivity contribution is 7.88. The number of ether oxygens (including phenoxy) is 1. The molecule has 0 radical (unpaired) electrons. The summed E-state index contributed by atoms with van der Waals surface area (Å²) in [6.07, 6.45) is 3.48. The van der Waals surface area contributed by atoms with Crippen LogP contribution < -0.4 is 10.6 Å². The van der Waals surface area contributed by atoms with E-state index in [1.807, 2.05) is 12.1 Å². The molecule has 2 aromatic rings. The van der Waals surface area contributed by atoms with Crippen molar-refractivity contribution in [1.82, 2.24) is 19.6 Å². The maximum absolute atomic E-state index is 11.7. The van der Waals surface area contributed by atoms with Crippen molar-refractivity contribution in [1.29, 1.82) is 0 Å². The van der Waals surface area contributed by atoms with Gasteiger partial charge in [-0.3, -0.25) is 5.32 Å². The second-order valence-corrected chi connectivity index (χ2v) is 10.8. The number of carbonyl (C=O) groups is 1. The van der Waals surface area contributed by atoms with Crippen LogP contribution in [0.25, 0.3) is 11.3 Å². The van der Waals surface area contributed by atoms with E-state index in [9.17, 15) is 13.2 Å². The number of nitrogens with zero attached hydrogens (tertiary/aromatic N) is 2. The molecule has 1 amide bonds. The van der Waals surface area contributed by atoms with Gasteiger partial charge in [0.25, 0.3) is 0 Å². The summed E-state index contributed by atoms with van der Waals surface area (Å²) in [4.78, 5) is 19.3. The lowest BCUT2D eigenvalue weighted by Gasteiger charge is -2.33. The molecule has 1 aromatic heterocycles. The molecule has 2 aliphatic rings. The number of benzene rings is 1. The monoisotopic (exact) mass is 481 g/mol. The Labute approximate surface area is 192 Å². The van der Waals surface area contributed by atoms with Gasteiger partial charge in [0.2, 0.25) is 10.0 Å². The Hall–Kier alpha value is -2.14. The average molecular weight is 482 g/mol. The number of rotatable bonds is 5. The van der Waals surface area contributed by atoms with Crippen LogP contribution in [0.5, 0.6) is 0 Å². The lowest BCUT2D eigenvalue weighted by molar-refractivity contribution is 0.187. The van der Waals surface area contributed by atoms with Gasteiger partial charge in [0, 0.05) is 24.3 Å². The zero-order valence-electron chi connectivity index (χ0n) is 18.1. The Balaban J connectivity index is 1.39. The van der Waals surface area contributed by atoms with E-state index in [2.05, 4.69) is 20.4 Å². The third kappa shape index (κ3) is 5.09. The molecule has 9 nitrogen and oxygen atoms in total. The van der Waals surface area contributed by atoms with Crippen molar-refractivity contribution in [2.45, 2.75) is 25.3 Å². The Morgan fingerprint density at radius 3 is 2.53 bits per heavy atom. The van der Waals surface area contributed by atoms with Gasteiger partial charge >= 0.3 is 6.09 Å². The molecular weight excluding hydrogens is 454 g/mol. The third-order valence-corrected chi connectivity index (χ3v) is 7.97. The van der Waals surface area contributed by atoms with Crippen LogP contribution in [0.1, 0.15) is 31.1 Å². The van der Waals surface area contributed by atoms with Crippen LogP contribution in [-0.4, -0.2) is 61.8 Å². The number of amides is 1. The van der Waals surface area contributed by atoms with E-state index in [-0.39, 0.29) is 6.04 Å². The first-order valence-electron chi connectivity index (χ1n) is 10.6. The standard InChI is InChI=1S/C21H28ClN5O4S/c1-31-21(28)24-16-5-3-14(4-6-16)18-19(22)26-20(25-18)17-11-15(12-23-17)13-7-9-27(10-8-13)32(2,29)30/h3-6,13,15,17,23H,7-12H2,1-2H3,(H,24,28)(H,25,26)/t15-,17-/m0/s1. The number of carbonyl (C=O) groups excluding carboxylic acids is 1. The maximum Gasteiger partial charge on any atom is 0.411 e. The van der Waals surface area contributed by atoms with Gasteiger partial charge in [-0.25, -0.2) is 22.5 Å². The Kier molecular flexibility index (Phi) is 6.75. The summed E-state index contributed by atoms with van der Waals surface area (Å²) in [5.41, 5.74) is 2.13. The molecule has 0 bridgehead atoms. The molecule has 0 saturated carbocycles. The van der Waals surface area contributed by atoms with Crippen molar-refractivity contribution in [3.8, 4) is 11.3 Å². The number of hydrogen-bond acceptors (Lipinski definition) is 6. The van der Waals surface area contributed by atoms with Crippen LogP contribution in [0.15, 0.2) is 24.3 Å². The van der Waals surface area contributed by atoms with Gasteiger partial charge in [-0.2, -0.15) is 0 Å². The predicted molar refractivity (Wildman–Crippen MR) is 123 cm³/mol. The SMILES string of the molecule is COC(=O)Nc1ccc(-c2nc([C@@H]3C[C@H](C4CCN(S(C)(=O)=O)CC4)CN3)[nH]c2Cl)cc1. The van der Waals surface area contributed by atoms with Gasteiger partial charge in [-0.1, -0.05) is 23.7 Å². The van der Waals surface area contributed by atoms with Crippen LogP contribution in [0.4, 0.5) is 10.5 Å². The van der Waals surface area contributed by atoms with Gasteiger partial charge in [0.05, 0.1) is 19.4 Å². The summed E-state index contributed by atoms with van der Waals surface area (Å²) >= 11 is 6.45. The minimum atomic E-state index is -3.10. The molecule has 4 rings (SSSR count). The second kappa shape index (κ2) is 9.38. The number of methoxy groups -OCH3 is 1. The van der Waals surface area contributed by atoms with Crippen LogP contribution in [0.2, 0.25) is 5.15 Å². The molecular formula is C21H28ClN5O4S. The molecule has 2 atom stereocenters. The van der Waals surface area contributed by atoms with Crippen molar-refractivity contribution >= 4 is 33.4 Å². The first-order valence-corrected chi connectivity index (χ1v) is 12.9. The summed E-state index contributed by atoms with van der Waals surface area (Å²) in [5.74, 6) is 1.79. The van der Waals surface area contributed by atoms with E-state index >= 15 is 0 Å². The third-order valence-electron chi connectivity index (χ3n) is 6.40. The van der Waals surface area contributed by atoms with Crippen LogP contribution in [0.3, 0.4) is 0 Å². The fraction of sp³-hybridized carbons (Fsp3) is 0.524. The summed E-state index contributed by atoms with van der Waals surface area (Å²) in [5, 5.41) is 6.63. The Bertz CT molecular complexity index is 1060. The minimum Gasteiger partial charge on any atom is -0.453 e. The molecule has 174 valence electrons.